The highest BCUT2D eigenvalue weighted by atomic mass is 35.5. The van der Waals surface area contributed by atoms with Crippen LogP contribution in [-0.2, 0) is 10.0 Å². The fourth-order valence-corrected chi connectivity index (χ4v) is 2.87. The van der Waals surface area contributed by atoms with E-state index in [2.05, 4.69) is 9.71 Å². The van der Waals surface area contributed by atoms with Crippen molar-refractivity contribution in [3.8, 4) is 5.75 Å². The van der Waals surface area contributed by atoms with Gasteiger partial charge in [0.05, 0.1) is 17.3 Å². The number of H-pyrrole nitrogens is 1. The first-order chi connectivity index (χ1) is 9.92. The fraction of sp³-hybridized carbons (Fsp3) is 0.154. The van der Waals surface area contributed by atoms with Crippen LogP contribution < -0.4 is 15.0 Å². The number of rotatable bonds is 5. The Hall–Kier alpha value is -1.99. The number of benzene rings is 1. The Morgan fingerprint density at radius 3 is 2.62 bits per heavy atom. The minimum Gasteiger partial charge on any atom is -0.492 e. The molecule has 2 rings (SSSR count). The number of ether oxygens (including phenoxy) is 1. The van der Waals surface area contributed by atoms with E-state index in [1.807, 2.05) is 6.92 Å². The summed E-state index contributed by atoms with van der Waals surface area (Å²) in [6, 6.07) is 6.93. The lowest BCUT2D eigenvalue weighted by Gasteiger charge is -2.10. The normalized spacial score (nSPS) is 11.1. The van der Waals surface area contributed by atoms with Gasteiger partial charge in [-0.2, -0.15) is 0 Å². The topological polar surface area (TPSA) is 88.3 Å². The molecule has 0 aliphatic rings. The average Bonchev–Trinajstić information content (AvgIpc) is 2.42. The molecule has 2 aromatic rings. The van der Waals surface area contributed by atoms with Crippen molar-refractivity contribution in [2.45, 2.75) is 11.8 Å². The first kappa shape index (κ1) is 15.4. The quantitative estimate of drug-likeness (QED) is 0.881. The molecule has 0 bridgehead atoms. The summed E-state index contributed by atoms with van der Waals surface area (Å²) in [7, 11) is -3.79. The SMILES string of the molecule is CCOc1ccc(NS(=O)(=O)c2ccc(=O)[nH]c2)cc1Cl. The van der Waals surface area contributed by atoms with Gasteiger partial charge in [-0.3, -0.25) is 9.52 Å². The van der Waals surface area contributed by atoms with Crippen LogP contribution in [0.25, 0.3) is 0 Å². The van der Waals surface area contributed by atoms with Gasteiger partial charge in [-0.05, 0) is 31.2 Å². The molecule has 0 aliphatic heterocycles. The molecular weight excluding hydrogens is 316 g/mol. The van der Waals surface area contributed by atoms with Crippen molar-refractivity contribution in [1.82, 2.24) is 4.98 Å². The predicted octanol–water partition coefficient (Wildman–Crippen LogP) is 2.23. The largest absolute Gasteiger partial charge is 0.492 e. The minimum atomic E-state index is -3.79. The molecule has 0 atom stereocenters. The highest BCUT2D eigenvalue weighted by molar-refractivity contribution is 7.92. The summed E-state index contributed by atoms with van der Waals surface area (Å²) in [5.41, 5.74) is -0.0762. The lowest BCUT2D eigenvalue weighted by Crippen LogP contribution is -2.15. The second-order valence-corrected chi connectivity index (χ2v) is 6.16. The molecule has 8 heteroatoms. The Labute approximate surface area is 126 Å². The van der Waals surface area contributed by atoms with Gasteiger partial charge in [0.1, 0.15) is 10.6 Å². The molecule has 1 aromatic carbocycles. The van der Waals surface area contributed by atoms with Crippen molar-refractivity contribution in [2.24, 2.45) is 0 Å². The van der Waals surface area contributed by atoms with Crippen molar-refractivity contribution in [3.05, 3.63) is 51.9 Å². The fourth-order valence-electron chi connectivity index (χ4n) is 1.61. The molecule has 0 fully saturated rings. The number of pyridine rings is 1. The van der Waals surface area contributed by atoms with Gasteiger partial charge < -0.3 is 9.72 Å². The maximum atomic E-state index is 12.1. The molecule has 1 heterocycles. The number of anilines is 1. The van der Waals surface area contributed by atoms with Crippen molar-refractivity contribution < 1.29 is 13.2 Å². The second-order valence-electron chi connectivity index (χ2n) is 4.07. The van der Waals surface area contributed by atoms with Crippen LogP contribution in [-0.4, -0.2) is 20.0 Å². The summed E-state index contributed by atoms with van der Waals surface area (Å²) in [6.45, 7) is 2.28. The van der Waals surface area contributed by atoms with Crippen LogP contribution in [0.1, 0.15) is 6.92 Å². The van der Waals surface area contributed by atoms with E-state index in [1.165, 1.54) is 12.1 Å². The van der Waals surface area contributed by atoms with E-state index in [9.17, 15) is 13.2 Å². The van der Waals surface area contributed by atoms with Gasteiger partial charge in [0, 0.05) is 12.3 Å². The molecule has 0 spiro atoms. The van der Waals surface area contributed by atoms with Gasteiger partial charge in [0.25, 0.3) is 10.0 Å². The second kappa shape index (κ2) is 6.19. The number of hydrogen-bond acceptors (Lipinski definition) is 4. The third kappa shape index (κ3) is 3.77. The summed E-state index contributed by atoms with van der Waals surface area (Å²) < 4.78 is 31.9. The average molecular weight is 329 g/mol. The van der Waals surface area contributed by atoms with Crippen molar-refractivity contribution in [1.29, 1.82) is 0 Å². The Bertz CT molecular complexity index is 782. The van der Waals surface area contributed by atoms with Gasteiger partial charge in [0.2, 0.25) is 5.56 Å². The zero-order valence-electron chi connectivity index (χ0n) is 11.1. The van der Waals surface area contributed by atoms with Gasteiger partial charge >= 0.3 is 0 Å². The smallest absolute Gasteiger partial charge is 0.263 e. The first-order valence-corrected chi connectivity index (χ1v) is 7.92. The van der Waals surface area contributed by atoms with E-state index in [4.69, 9.17) is 16.3 Å². The zero-order valence-corrected chi connectivity index (χ0v) is 12.7. The molecule has 1 aromatic heterocycles. The molecular formula is C13H13ClN2O4S. The number of nitrogens with one attached hydrogen (secondary N) is 2. The Morgan fingerprint density at radius 2 is 2.05 bits per heavy atom. The lowest BCUT2D eigenvalue weighted by molar-refractivity contribution is 0.340. The molecule has 21 heavy (non-hydrogen) atoms. The van der Waals surface area contributed by atoms with Crippen LogP contribution in [0.3, 0.4) is 0 Å². The standard InChI is InChI=1S/C13H13ClN2O4S/c1-2-20-12-5-3-9(7-11(12)14)16-21(18,19)10-4-6-13(17)15-8-10/h3-8,16H,2H2,1H3,(H,15,17). The van der Waals surface area contributed by atoms with E-state index in [0.29, 0.717) is 23.1 Å². The Kier molecular flexibility index (Phi) is 4.54. The summed E-state index contributed by atoms with van der Waals surface area (Å²) in [6.07, 6.45) is 1.13. The molecule has 0 amide bonds. The monoisotopic (exact) mass is 328 g/mol. The Morgan fingerprint density at radius 1 is 1.29 bits per heavy atom. The van der Waals surface area contributed by atoms with E-state index in [1.54, 1.807) is 12.1 Å². The predicted molar refractivity (Wildman–Crippen MR) is 80.5 cm³/mol. The van der Waals surface area contributed by atoms with Gasteiger partial charge in [-0.15, -0.1) is 0 Å². The zero-order chi connectivity index (χ0) is 15.5. The van der Waals surface area contributed by atoms with Crippen molar-refractivity contribution in [2.75, 3.05) is 11.3 Å². The molecule has 0 saturated carbocycles. The lowest BCUT2D eigenvalue weighted by atomic mass is 10.3. The van der Waals surface area contributed by atoms with Crippen LogP contribution in [0.5, 0.6) is 5.75 Å². The molecule has 0 radical (unpaired) electrons. The summed E-state index contributed by atoms with van der Waals surface area (Å²) in [5, 5.41) is 0.304. The van der Waals surface area contributed by atoms with Crippen LogP contribution >= 0.6 is 11.6 Å². The molecule has 0 saturated heterocycles. The minimum absolute atomic E-state index is 0.0490. The third-order valence-corrected chi connectivity index (χ3v) is 4.22. The highest BCUT2D eigenvalue weighted by Gasteiger charge is 2.15. The number of hydrogen-bond donors (Lipinski definition) is 2. The van der Waals surface area contributed by atoms with Crippen LogP contribution in [0.2, 0.25) is 5.02 Å². The van der Waals surface area contributed by atoms with Gasteiger partial charge in [-0.1, -0.05) is 11.6 Å². The third-order valence-electron chi connectivity index (χ3n) is 2.55. The molecule has 112 valence electrons. The van der Waals surface area contributed by atoms with Crippen LogP contribution in [0.4, 0.5) is 5.69 Å². The molecule has 6 nitrogen and oxygen atoms in total. The van der Waals surface area contributed by atoms with Crippen LogP contribution in [0, 0.1) is 0 Å². The maximum absolute atomic E-state index is 12.1. The van der Waals surface area contributed by atoms with E-state index in [0.717, 1.165) is 12.3 Å². The van der Waals surface area contributed by atoms with Gasteiger partial charge in [0.15, 0.2) is 0 Å². The first-order valence-electron chi connectivity index (χ1n) is 6.06. The number of aromatic amines is 1. The number of aromatic nitrogens is 1. The Balaban J connectivity index is 2.26. The van der Waals surface area contributed by atoms with E-state index < -0.39 is 10.0 Å². The van der Waals surface area contributed by atoms with E-state index >= 15 is 0 Å². The number of sulfonamides is 1. The number of halogens is 1. The van der Waals surface area contributed by atoms with Crippen molar-refractivity contribution >= 4 is 27.3 Å². The van der Waals surface area contributed by atoms with Gasteiger partial charge in [-0.25, -0.2) is 8.42 Å². The van der Waals surface area contributed by atoms with Crippen LogP contribution in [0.15, 0.2) is 46.2 Å². The van der Waals surface area contributed by atoms with Crippen molar-refractivity contribution in [3.63, 3.8) is 0 Å². The summed E-state index contributed by atoms with van der Waals surface area (Å²) in [4.78, 5) is 13.2. The molecule has 0 aliphatic carbocycles. The summed E-state index contributed by atoms with van der Waals surface area (Å²) in [5.74, 6) is 0.478. The molecule has 0 unspecified atom stereocenters. The maximum Gasteiger partial charge on any atom is 0.263 e. The summed E-state index contributed by atoms with van der Waals surface area (Å²) >= 11 is 6.00. The highest BCUT2D eigenvalue weighted by Crippen LogP contribution is 2.28. The van der Waals surface area contributed by atoms with E-state index in [-0.39, 0.29) is 10.5 Å². The molecule has 2 N–H and O–H groups in total.